The average Bonchev–Trinajstić information content (AvgIpc) is 3.10. The summed E-state index contributed by atoms with van der Waals surface area (Å²) >= 11 is 0. The second kappa shape index (κ2) is 9.63. The number of aromatic nitrogens is 1. The third-order valence-electron chi connectivity index (χ3n) is 6.78. The summed E-state index contributed by atoms with van der Waals surface area (Å²) in [6.45, 7) is 5.95. The van der Waals surface area contributed by atoms with Crippen molar-refractivity contribution in [3.8, 4) is 0 Å². The Bertz CT molecular complexity index is 1160. The molecule has 2 aromatic rings. The van der Waals surface area contributed by atoms with Crippen LogP contribution in [0.25, 0.3) is 5.57 Å². The summed E-state index contributed by atoms with van der Waals surface area (Å²) in [5.41, 5.74) is 7.17. The number of aryl methyl sites for hydroxylation is 2. The second-order valence-electron chi connectivity index (χ2n) is 10.2. The van der Waals surface area contributed by atoms with E-state index in [0.717, 1.165) is 76.6 Å². The molecule has 180 valence electrons. The van der Waals surface area contributed by atoms with Gasteiger partial charge in [-0.3, -0.25) is 9.78 Å². The Morgan fingerprint density at radius 2 is 2.03 bits per heavy atom. The Balaban J connectivity index is 1.42. The molecule has 0 amide bonds. The summed E-state index contributed by atoms with van der Waals surface area (Å²) in [6, 6.07) is 10.3. The van der Waals surface area contributed by atoms with E-state index in [1.165, 1.54) is 11.3 Å². The van der Waals surface area contributed by atoms with Crippen LogP contribution in [0.4, 0.5) is 11.4 Å². The van der Waals surface area contributed by atoms with Gasteiger partial charge in [0.1, 0.15) is 18.1 Å². The van der Waals surface area contributed by atoms with Crippen molar-refractivity contribution in [2.45, 2.75) is 39.5 Å². The van der Waals surface area contributed by atoms with Gasteiger partial charge in [0, 0.05) is 24.7 Å². The first-order valence-corrected chi connectivity index (χ1v) is 12.1. The fraction of sp³-hybridized carbons (Fsp3) is 0.429. The average molecular weight is 462 g/mol. The van der Waals surface area contributed by atoms with Crippen molar-refractivity contribution in [3.63, 3.8) is 0 Å². The number of rotatable bonds is 7. The largest absolute Gasteiger partial charge is 0.500 e. The van der Waals surface area contributed by atoms with Crippen LogP contribution < -0.4 is 10.2 Å². The van der Waals surface area contributed by atoms with E-state index in [-0.39, 0.29) is 5.78 Å². The maximum Gasteiger partial charge on any atom is 0.163 e. The number of ketones is 1. The van der Waals surface area contributed by atoms with Crippen LogP contribution >= 0.6 is 0 Å². The number of methoxy groups -OCH3 is 1. The molecule has 0 saturated carbocycles. The lowest BCUT2D eigenvalue weighted by atomic mass is 9.98. The minimum Gasteiger partial charge on any atom is -0.500 e. The van der Waals surface area contributed by atoms with Crippen molar-refractivity contribution < 1.29 is 14.0 Å². The Labute approximate surface area is 203 Å². The first-order valence-electron chi connectivity index (χ1n) is 12.1. The number of hydrogen-bond acceptors (Lipinski definition) is 5. The minimum atomic E-state index is 0.168. The first-order chi connectivity index (χ1) is 16.2. The highest BCUT2D eigenvalue weighted by Crippen LogP contribution is 2.36. The highest BCUT2D eigenvalue weighted by Gasteiger charge is 2.29. The molecule has 0 fully saturated rings. The SMILES string of the molecule is COC1=C(c2cc(C(=O)CCC/C=C3/Nc4ccc(C)cc4N3C)cc(C)n2)C[N+](C)(C)CC1. The quantitative estimate of drug-likeness (QED) is 0.345. The first kappa shape index (κ1) is 24.0. The summed E-state index contributed by atoms with van der Waals surface area (Å²) < 4.78 is 6.58. The second-order valence-corrected chi connectivity index (χ2v) is 10.2. The van der Waals surface area contributed by atoms with Gasteiger partial charge in [0.25, 0.3) is 0 Å². The third-order valence-corrected chi connectivity index (χ3v) is 6.78. The smallest absolute Gasteiger partial charge is 0.163 e. The molecule has 0 unspecified atom stereocenters. The van der Waals surface area contributed by atoms with Gasteiger partial charge in [0.05, 0.1) is 56.8 Å². The van der Waals surface area contributed by atoms with E-state index in [9.17, 15) is 4.79 Å². The topological polar surface area (TPSA) is 54.5 Å². The molecule has 2 aliphatic heterocycles. The highest BCUT2D eigenvalue weighted by molar-refractivity contribution is 5.96. The number of unbranched alkanes of at least 4 members (excludes halogenated alkanes) is 1. The maximum atomic E-state index is 13.1. The zero-order valence-electron chi connectivity index (χ0n) is 21.4. The van der Waals surface area contributed by atoms with Gasteiger partial charge in [-0.05, 0) is 62.6 Å². The number of likely N-dealkylation sites (N-methyl/N-ethyl adjacent to an activating group) is 1. The van der Waals surface area contributed by atoms with Crippen LogP contribution in [-0.2, 0) is 4.74 Å². The van der Waals surface area contributed by atoms with Crippen LogP contribution in [0.1, 0.15) is 53.0 Å². The molecule has 6 nitrogen and oxygen atoms in total. The number of benzene rings is 1. The summed E-state index contributed by atoms with van der Waals surface area (Å²) in [5.74, 6) is 2.23. The number of anilines is 2. The van der Waals surface area contributed by atoms with E-state index in [1.54, 1.807) is 7.11 Å². The molecule has 1 aromatic heterocycles. The van der Waals surface area contributed by atoms with Crippen LogP contribution in [0.3, 0.4) is 0 Å². The zero-order valence-corrected chi connectivity index (χ0v) is 21.4. The number of carbonyl (C=O) groups is 1. The molecule has 1 N–H and O–H groups in total. The molecular formula is C28H37N4O2+. The van der Waals surface area contributed by atoms with E-state index in [1.807, 2.05) is 19.1 Å². The van der Waals surface area contributed by atoms with Crippen LogP contribution in [-0.4, -0.2) is 56.6 Å². The number of nitrogens with zero attached hydrogens (tertiary/aromatic N) is 3. The van der Waals surface area contributed by atoms with Gasteiger partial charge >= 0.3 is 0 Å². The molecule has 0 saturated heterocycles. The van der Waals surface area contributed by atoms with E-state index in [2.05, 4.69) is 62.6 Å². The predicted octanol–water partition coefficient (Wildman–Crippen LogP) is 5.29. The Morgan fingerprint density at radius 3 is 2.79 bits per heavy atom. The van der Waals surface area contributed by atoms with Gasteiger partial charge in [-0.2, -0.15) is 0 Å². The number of allylic oxidation sites excluding steroid dienone is 1. The summed E-state index contributed by atoms with van der Waals surface area (Å²) in [5, 5.41) is 3.47. The molecule has 6 heteroatoms. The molecule has 3 heterocycles. The lowest BCUT2D eigenvalue weighted by Gasteiger charge is -2.35. The zero-order chi connectivity index (χ0) is 24.5. The summed E-state index contributed by atoms with van der Waals surface area (Å²) in [6.07, 6.45) is 5.23. The highest BCUT2D eigenvalue weighted by atomic mass is 16.5. The maximum absolute atomic E-state index is 13.1. The van der Waals surface area contributed by atoms with Crippen molar-refractivity contribution >= 4 is 22.7 Å². The van der Waals surface area contributed by atoms with Crippen LogP contribution in [0.15, 0.2) is 48.0 Å². The number of fused-ring (bicyclic) bond motifs is 1. The summed E-state index contributed by atoms with van der Waals surface area (Å²) in [7, 11) is 8.25. The normalized spacial score (nSPS) is 18.2. The number of carbonyl (C=O) groups excluding carboxylic acids is 1. The van der Waals surface area contributed by atoms with Crippen molar-refractivity contribution in [2.24, 2.45) is 0 Å². The van der Waals surface area contributed by atoms with Crippen LogP contribution in [0.2, 0.25) is 0 Å². The van der Waals surface area contributed by atoms with E-state index in [0.29, 0.717) is 6.42 Å². The predicted molar refractivity (Wildman–Crippen MR) is 139 cm³/mol. The number of pyridine rings is 1. The monoisotopic (exact) mass is 461 g/mol. The van der Waals surface area contributed by atoms with Crippen molar-refractivity contribution in [1.82, 2.24) is 4.98 Å². The molecule has 0 bridgehead atoms. The number of nitrogens with one attached hydrogen (secondary N) is 1. The van der Waals surface area contributed by atoms with Gasteiger partial charge in [-0.1, -0.05) is 6.07 Å². The van der Waals surface area contributed by atoms with Crippen molar-refractivity contribution in [3.05, 3.63) is 70.5 Å². The van der Waals surface area contributed by atoms with E-state index >= 15 is 0 Å². The molecule has 0 radical (unpaired) electrons. The fourth-order valence-electron chi connectivity index (χ4n) is 4.79. The number of ether oxygens (including phenoxy) is 1. The Kier molecular flexibility index (Phi) is 6.80. The van der Waals surface area contributed by atoms with Crippen molar-refractivity contribution in [2.75, 3.05) is 51.6 Å². The Morgan fingerprint density at radius 1 is 1.24 bits per heavy atom. The van der Waals surface area contributed by atoms with E-state index < -0.39 is 0 Å². The van der Waals surface area contributed by atoms with Gasteiger partial charge in [-0.25, -0.2) is 0 Å². The fourth-order valence-corrected chi connectivity index (χ4v) is 4.79. The lowest BCUT2D eigenvalue weighted by molar-refractivity contribution is -0.884. The molecule has 2 aliphatic rings. The van der Waals surface area contributed by atoms with Gasteiger partial charge in [0.15, 0.2) is 5.78 Å². The standard InChI is InChI=1S/C28H37N4O2/c1-19-11-12-23-25(15-19)31(3)28(30-23)10-8-7-9-26(33)21-16-20(2)29-24(17-21)22-18-32(4,5)14-13-27(22)34-6/h10-12,15-17,30H,7-9,13-14,18H2,1-6H3/q+1/b28-10-. The minimum absolute atomic E-state index is 0.168. The molecule has 0 atom stereocenters. The van der Waals surface area contributed by atoms with Crippen molar-refractivity contribution in [1.29, 1.82) is 0 Å². The summed E-state index contributed by atoms with van der Waals surface area (Å²) in [4.78, 5) is 20.0. The lowest BCUT2D eigenvalue weighted by Crippen LogP contribution is -2.44. The van der Waals surface area contributed by atoms with Gasteiger partial charge in [-0.15, -0.1) is 0 Å². The van der Waals surface area contributed by atoms with Gasteiger partial charge < -0.3 is 19.4 Å². The van der Waals surface area contributed by atoms with Crippen LogP contribution in [0, 0.1) is 13.8 Å². The van der Waals surface area contributed by atoms with Crippen LogP contribution in [0.5, 0.6) is 0 Å². The number of quaternary nitrogens is 1. The molecule has 34 heavy (non-hydrogen) atoms. The molecule has 1 aromatic carbocycles. The van der Waals surface area contributed by atoms with Gasteiger partial charge in [0.2, 0.25) is 0 Å². The molecule has 4 rings (SSSR count). The molecule has 0 spiro atoms. The van der Waals surface area contributed by atoms with E-state index in [4.69, 9.17) is 9.72 Å². The molecular weight excluding hydrogens is 424 g/mol. The molecule has 0 aliphatic carbocycles. The Hall–Kier alpha value is -3.12. The third kappa shape index (κ3) is 5.17. The number of Topliss-reactive ketones (excluding diaryl/α,β-unsaturated/α-hetero) is 1. The number of hydrogen-bond donors (Lipinski definition) is 1.